The lowest BCUT2D eigenvalue weighted by Crippen LogP contribution is -2.14. The molecule has 1 unspecified atom stereocenters. The molecular formula is C3H9NO2. The second-order valence-electron chi connectivity index (χ2n) is 0.939. The predicted molar refractivity (Wildman–Crippen MR) is 21.7 cm³/mol. The van der Waals surface area contributed by atoms with Crippen LogP contribution in [-0.4, -0.2) is 13.4 Å². The first-order chi connectivity index (χ1) is 2.81. The second kappa shape index (κ2) is 3.08. The van der Waals surface area contributed by atoms with Gasteiger partial charge >= 0.3 is 0 Å². The molecule has 3 nitrogen and oxygen atoms in total. The molecular weight excluding hydrogens is 82.0 g/mol. The Hall–Kier alpha value is -0.120. The molecule has 0 bridgehead atoms. The first-order valence-corrected chi connectivity index (χ1v) is 1.69. The molecule has 0 amide bonds. The molecule has 0 aliphatic heterocycles. The van der Waals surface area contributed by atoms with E-state index in [9.17, 15) is 0 Å². The number of hydrogen-bond donors (Lipinski definition) is 1. The van der Waals surface area contributed by atoms with E-state index in [1.54, 1.807) is 6.92 Å². The van der Waals surface area contributed by atoms with Gasteiger partial charge in [-0.05, 0) is 6.92 Å². The van der Waals surface area contributed by atoms with Gasteiger partial charge in [0.15, 0.2) is 6.29 Å². The molecule has 3 heteroatoms. The molecule has 0 aliphatic rings. The summed E-state index contributed by atoms with van der Waals surface area (Å²) in [6.45, 7) is 1.71. The van der Waals surface area contributed by atoms with Gasteiger partial charge in [-0.25, -0.2) is 5.90 Å². The van der Waals surface area contributed by atoms with Gasteiger partial charge in [0.2, 0.25) is 0 Å². The lowest BCUT2D eigenvalue weighted by Gasteiger charge is -2.02. The number of rotatable bonds is 2. The lowest BCUT2D eigenvalue weighted by atomic mass is 10.8. The lowest BCUT2D eigenvalue weighted by molar-refractivity contribution is -0.113. The Labute approximate surface area is 37.0 Å². The van der Waals surface area contributed by atoms with Crippen molar-refractivity contribution < 1.29 is 9.57 Å². The molecule has 0 saturated carbocycles. The van der Waals surface area contributed by atoms with Crippen molar-refractivity contribution in [1.29, 1.82) is 0 Å². The van der Waals surface area contributed by atoms with Crippen molar-refractivity contribution in [3.8, 4) is 0 Å². The summed E-state index contributed by atoms with van der Waals surface area (Å²) in [6.07, 6.45) is -0.287. The molecule has 0 spiro atoms. The van der Waals surface area contributed by atoms with Crippen LogP contribution in [0.4, 0.5) is 0 Å². The Morgan fingerprint density at radius 1 is 1.67 bits per heavy atom. The third-order valence-electron chi connectivity index (χ3n) is 0.524. The maximum absolute atomic E-state index is 4.66. The highest BCUT2D eigenvalue weighted by molar-refractivity contribution is 4.16. The second-order valence-corrected chi connectivity index (χ2v) is 0.939. The van der Waals surface area contributed by atoms with E-state index >= 15 is 0 Å². The molecule has 0 heterocycles. The number of nitrogens with two attached hydrogens (primary N) is 1. The molecule has 0 fully saturated rings. The van der Waals surface area contributed by atoms with Crippen LogP contribution in [0, 0.1) is 0 Å². The van der Waals surface area contributed by atoms with Gasteiger partial charge in [0, 0.05) is 7.11 Å². The normalized spacial score (nSPS) is 14.5. The smallest absolute Gasteiger partial charge is 0.173 e. The summed E-state index contributed by atoms with van der Waals surface area (Å²) in [5.41, 5.74) is 0. The third kappa shape index (κ3) is 2.14. The van der Waals surface area contributed by atoms with Crippen molar-refractivity contribution in [2.45, 2.75) is 13.2 Å². The summed E-state index contributed by atoms with van der Waals surface area (Å²) in [5, 5.41) is 0. The van der Waals surface area contributed by atoms with E-state index in [0.29, 0.717) is 0 Å². The maximum atomic E-state index is 4.66. The molecule has 0 aromatic rings. The molecule has 1 atom stereocenters. The zero-order valence-corrected chi connectivity index (χ0v) is 3.97. The first-order valence-electron chi connectivity index (χ1n) is 1.69. The Balaban J connectivity index is 2.75. The highest BCUT2D eigenvalue weighted by atomic mass is 16.7. The van der Waals surface area contributed by atoms with E-state index < -0.39 is 0 Å². The number of hydrogen-bond acceptors (Lipinski definition) is 3. The number of methoxy groups -OCH3 is 1. The van der Waals surface area contributed by atoms with Gasteiger partial charge < -0.3 is 4.74 Å². The average molecular weight is 91.1 g/mol. The van der Waals surface area contributed by atoms with Gasteiger partial charge in [-0.15, -0.1) is 0 Å². The molecule has 6 heavy (non-hydrogen) atoms. The third-order valence-corrected chi connectivity index (χ3v) is 0.524. The van der Waals surface area contributed by atoms with Gasteiger partial charge in [-0.3, -0.25) is 4.84 Å². The quantitative estimate of drug-likeness (QED) is 0.380. The van der Waals surface area contributed by atoms with Gasteiger partial charge in [0.25, 0.3) is 0 Å². The van der Waals surface area contributed by atoms with E-state index in [-0.39, 0.29) is 6.29 Å². The van der Waals surface area contributed by atoms with Crippen LogP contribution < -0.4 is 5.90 Å². The molecule has 0 aromatic heterocycles. The summed E-state index contributed by atoms with van der Waals surface area (Å²) in [6, 6.07) is 0. The summed E-state index contributed by atoms with van der Waals surface area (Å²) < 4.78 is 4.55. The van der Waals surface area contributed by atoms with Crippen LogP contribution in [0.1, 0.15) is 6.92 Å². The van der Waals surface area contributed by atoms with Crippen molar-refractivity contribution in [3.63, 3.8) is 0 Å². The van der Waals surface area contributed by atoms with E-state index in [1.165, 1.54) is 7.11 Å². The van der Waals surface area contributed by atoms with Gasteiger partial charge in [0.1, 0.15) is 0 Å². The number of ether oxygens (including phenoxy) is 1. The fraction of sp³-hybridized carbons (Fsp3) is 1.00. The van der Waals surface area contributed by atoms with Crippen molar-refractivity contribution in [2.24, 2.45) is 5.90 Å². The van der Waals surface area contributed by atoms with E-state index in [4.69, 9.17) is 0 Å². The maximum Gasteiger partial charge on any atom is 0.173 e. The zero-order chi connectivity index (χ0) is 4.99. The van der Waals surface area contributed by atoms with Crippen LogP contribution in [0.15, 0.2) is 0 Å². The summed E-state index contributed by atoms with van der Waals surface area (Å²) in [5.74, 6) is 4.66. The minimum atomic E-state index is -0.287. The molecule has 2 N–H and O–H groups in total. The van der Waals surface area contributed by atoms with Crippen LogP contribution in [0.3, 0.4) is 0 Å². The topological polar surface area (TPSA) is 44.5 Å². The van der Waals surface area contributed by atoms with Gasteiger partial charge in [0.05, 0.1) is 0 Å². The van der Waals surface area contributed by atoms with Crippen LogP contribution in [-0.2, 0) is 9.57 Å². The Bertz CT molecular complexity index is 28.0. The minimum Gasteiger partial charge on any atom is -0.354 e. The molecule has 0 aliphatic carbocycles. The van der Waals surface area contributed by atoms with Crippen LogP contribution in [0.5, 0.6) is 0 Å². The van der Waals surface area contributed by atoms with Crippen molar-refractivity contribution >= 4 is 0 Å². The highest BCUT2D eigenvalue weighted by Crippen LogP contribution is 1.80. The Morgan fingerprint density at radius 2 is 2.17 bits per heavy atom. The largest absolute Gasteiger partial charge is 0.354 e. The van der Waals surface area contributed by atoms with Crippen molar-refractivity contribution in [1.82, 2.24) is 0 Å². The average Bonchev–Trinajstić information content (AvgIpc) is 1.65. The van der Waals surface area contributed by atoms with E-state index in [2.05, 4.69) is 15.5 Å². The zero-order valence-electron chi connectivity index (χ0n) is 3.97. The van der Waals surface area contributed by atoms with Gasteiger partial charge in [-0.2, -0.15) is 0 Å². The molecule has 0 radical (unpaired) electrons. The van der Waals surface area contributed by atoms with Gasteiger partial charge in [-0.1, -0.05) is 0 Å². The summed E-state index contributed by atoms with van der Waals surface area (Å²) in [4.78, 5) is 4.18. The molecule has 0 aromatic carbocycles. The molecule has 38 valence electrons. The Morgan fingerprint density at radius 3 is 2.17 bits per heavy atom. The van der Waals surface area contributed by atoms with Crippen LogP contribution in [0.2, 0.25) is 0 Å². The predicted octanol–water partition coefficient (Wildman–Crippen LogP) is -0.131. The minimum absolute atomic E-state index is 0.287. The van der Waals surface area contributed by atoms with E-state index in [0.717, 1.165) is 0 Å². The van der Waals surface area contributed by atoms with E-state index in [1.807, 2.05) is 0 Å². The summed E-state index contributed by atoms with van der Waals surface area (Å²) in [7, 11) is 1.53. The fourth-order valence-corrected chi connectivity index (χ4v) is 0.0556. The van der Waals surface area contributed by atoms with Crippen molar-refractivity contribution in [2.75, 3.05) is 7.11 Å². The molecule has 0 rings (SSSR count). The summed E-state index contributed by atoms with van der Waals surface area (Å²) >= 11 is 0. The monoisotopic (exact) mass is 91.1 g/mol. The standard InChI is InChI=1S/C3H9NO2/c1-3(5-2)6-4/h3H,4H2,1-2H3. The molecule has 0 saturated heterocycles. The van der Waals surface area contributed by atoms with Crippen LogP contribution in [0.25, 0.3) is 0 Å². The first kappa shape index (κ1) is 5.88. The Kier molecular flexibility index (Phi) is 3.02. The fourth-order valence-electron chi connectivity index (χ4n) is 0.0556. The SMILES string of the molecule is COC(C)ON. The van der Waals surface area contributed by atoms with Crippen molar-refractivity contribution in [3.05, 3.63) is 0 Å². The van der Waals surface area contributed by atoms with Crippen LogP contribution >= 0.6 is 0 Å². The highest BCUT2D eigenvalue weighted by Gasteiger charge is 1.89.